The van der Waals surface area contributed by atoms with Gasteiger partial charge in [0.2, 0.25) is 0 Å². The summed E-state index contributed by atoms with van der Waals surface area (Å²) < 4.78 is 5.41. The second kappa shape index (κ2) is 4.75. The molecule has 2 rings (SSSR count). The van der Waals surface area contributed by atoms with Gasteiger partial charge < -0.3 is 9.72 Å². The minimum atomic E-state index is 0.629. The van der Waals surface area contributed by atoms with Crippen LogP contribution in [0, 0.1) is 25.2 Å². The molecule has 0 saturated heterocycles. The van der Waals surface area contributed by atoms with Crippen LogP contribution in [0.1, 0.15) is 16.8 Å². The van der Waals surface area contributed by atoms with Crippen LogP contribution in [-0.4, -0.2) is 12.1 Å². The first-order valence-electron chi connectivity index (χ1n) is 5.51. The zero-order valence-electron chi connectivity index (χ0n) is 10.5. The van der Waals surface area contributed by atoms with Gasteiger partial charge in [0, 0.05) is 16.3 Å². The van der Waals surface area contributed by atoms with Crippen molar-refractivity contribution in [2.45, 2.75) is 13.8 Å². The van der Waals surface area contributed by atoms with Crippen LogP contribution < -0.4 is 4.74 Å². The van der Waals surface area contributed by atoms with Crippen molar-refractivity contribution in [1.82, 2.24) is 4.98 Å². The molecule has 92 valence electrons. The van der Waals surface area contributed by atoms with Gasteiger partial charge in [0.25, 0.3) is 0 Å². The first kappa shape index (κ1) is 12.5. The van der Waals surface area contributed by atoms with Crippen molar-refractivity contribution in [2.24, 2.45) is 0 Å². The molecule has 3 nitrogen and oxygen atoms in total. The average Bonchev–Trinajstić information content (AvgIpc) is 2.69. The van der Waals surface area contributed by atoms with Crippen molar-refractivity contribution in [3.63, 3.8) is 0 Å². The molecule has 0 amide bonds. The van der Waals surface area contributed by atoms with Gasteiger partial charge in [-0.05, 0) is 37.6 Å². The van der Waals surface area contributed by atoms with E-state index in [2.05, 4.69) is 11.1 Å². The third-order valence-corrected chi connectivity index (χ3v) is 3.09. The monoisotopic (exact) mass is 260 g/mol. The number of nitrogens with zero attached hydrogens (tertiary/aromatic N) is 1. The maximum Gasteiger partial charge on any atom is 0.131 e. The summed E-state index contributed by atoms with van der Waals surface area (Å²) in [5, 5.41) is 9.63. The van der Waals surface area contributed by atoms with Gasteiger partial charge in [-0.1, -0.05) is 11.6 Å². The lowest BCUT2D eigenvalue weighted by Gasteiger charge is -2.11. The second-order valence-corrected chi connectivity index (χ2v) is 4.57. The Hall–Kier alpha value is -1.92. The first-order chi connectivity index (χ1) is 8.56. The van der Waals surface area contributed by atoms with Crippen LogP contribution in [0.5, 0.6) is 5.75 Å². The molecule has 18 heavy (non-hydrogen) atoms. The van der Waals surface area contributed by atoms with E-state index >= 15 is 0 Å². The Morgan fingerprint density at radius 2 is 2.00 bits per heavy atom. The number of ether oxygens (including phenoxy) is 1. The number of aryl methyl sites for hydroxylation is 2. The highest BCUT2D eigenvalue weighted by molar-refractivity contribution is 6.31. The van der Waals surface area contributed by atoms with E-state index in [1.807, 2.05) is 32.0 Å². The number of H-pyrrole nitrogens is 1. The largest absolute Gasteiger partial charge is 0.496 e. The summed E-state index contributed by atoms with van der Waals surface area (Å²) in [5.74, 6) is 0.769. The van der Waals surface area contributed by atoms with Crippen molar-refractivity contribution >= 4 is 11.6 Å². The van der Waals surface area contributed by atoms with Crippen LogP contribution in [0.3, 0.4) is 0 Å². The summed E-state index contributed by atoms with van der Waals surface area (Å²) in [6.07, 6.45) is 0. The van der Waals surface area contributed by atoms with Gasteiger partial charge in [0.05, 0.1) is 18.4 Å². The molecule has 2 aromatic rings. The molecule has 1 heterocycles. The van der Waals surface area contributed by atoms with E-state index in [-0.39, 0.29) is 0 Å². The molecular weight excluding hydrogens is 248 g/mol. The van der Waals surface area contributed by atoms with Gasteiger partial charge in [-0.25, -0.2) is 0 Å². The van der Waals surface area contributed by atoms with Gasteiger partial charge in [-0.15, -0.1) is 0 Å². The Balaban J connectivity index is 2.66. The molecule has 0 unspecified atom stereocenters. The van der Waals surface area contributed by atoms with Crippen LogP contribution in [0.25, 0.3) is 11.3 Å². The van der Waals surface area contributed by atoms with E-state index in [0.29, 0.717) is 10.6 Å². The van der Waals surface area contributed by atoms with E-state index in [0.717, 1.165) is 28.3 Å². The molecule has 1 aromatic carbocycles. The number of hydrogen-bond donors (Lipinski definition) is 1. The van der Waals surface area contributed by atoms with Gasteiger partial charge in [-0.3, -0.25) is 0 Å². The van der Waals surface area contributed by atoms with E-state index in [4.69, 9.17) is 21.6 Å². The molecule has 0 aliphatic rings. The van der Waals surface area contributed by atoms with Gasteiger partial charge in [0.1, 0.15) is 11.8 Å². The molecule has 1 aromatic heterocycles. The Labute approximate surface area is 111 Å². The minimum Gasteiger partial charge on any atom is -0.496 e. The lowest BCUT2D eigenvalue weighted by molar-refractivity contribution is 0.413. The molecule has 0 spiro atoms. The third kappa shape index (κ3) is 2.07. The van der Waals surface area contributed by atoms with E-state index < -0.39 is 0 Å². The zero-order chi connectivity index (χ0) is 13.3. The summed E-state index contributed by atoms with van der Waals surface area (Å²) >= 11 is 6.07. The van der Waals surface area contributed by atoms with Crippen LogP contribution in [0.15, 0.2) is 18.2 Å². The highest BCUT2D eigenvalue weighted by atomic mass is 35.5. The van der Waals surface area contributed by atoms with E-state index in [1.165, 1.54) is 0 Å². The Bertz CT molecular complexity index is 638. The smallest absolute Gasteiger partial charge is 0.131 e. The molecule has 0 aliphatic heterocycles. The number of nitrogens with one attached hydrogen (secondary N) is 1. The molecular formula is C14H13ClN2O. The summed E-state index contributed by atoms with van der Waals surface area (Å²) in [4.78, 5) is 3.18. The van der Waals surface area contributed by atoms with Crippen LogP contribution in [-0.2, 0) is 0 Å². The molecule has 0 atom stereocenters. The molecule has 4 heteroatoms. The number of aromatic nitrogens is 1. The molecule has 1 N–H and O–H groups in total. The number of halogens is 1. The molecule has 0 radical (unpaired) electrons. The van der Waals surface area contributed by atoms with Crippen LogP contribution >= 0.6 is 11.6 Å². The molecule has 0 saturated carbocycles. The number of benzene rings is 1. The topological polar surface area (TPSA) is 48.8 Å². The zero-order valence-corrected chi connectivity index (χ0v) is 11.2. The Morgan fingerprint density at radius 1 is 1.28 bits per heavy atom. The SMILES string of the molecule is COc1c(C)cc(Cl)cc1-c1cc(C#N)c(C)[nH]1. The Kier molecular flexibility index (Phi) is 3.31. The quantitative estimate of drug-likeness (QED) is 0.892. The van der Waals surface area contributed by atoms with Crippen molar-refractivity contribution in [1.29, 1.82) is 5.26 Å². The third-order valence-electron chi connectivity index (χ3n) is 2.87. The van der Waals surface area contributed by atoms with Crippen LogP contribution in [0.2, 0.25) is 5.02 Å². The standard InChI is InChI=1S/C14H13ClN2O/c1-8-4-11(15)6-12(14(8)18-3)13-5-10(7-16)9(2)17-13/h4-6,17H,1-3H3. The highest BCUT2D eigenvalue weighted by Gasteiger charge is 2.13. The predicted octanol–water partition coefficient (Wildman–Crippen LogP) is 3.83. The lowest BCUT2D eigenvalue weighted by Crippen LogP contribution is -1.92. The maximum atomic E-state index is 8.99. The Morgan fingerprint density at radius 3 is 2.56 bits per heavy atom. The number of methoxy groups -OCH3 is 1. The predicted molar refractivity (Wildman–Crippen MR) is 72.0 cm³/mol. The first-order valence-corrected chi connectivity index (χ1v) is 5.88. The van der Waals surface area contributed by atoms with Gasteiger partial charge >= 0.3 is 0 Å². The highest BCUT2D eigenvalue weighted by Crippen LogP contribution is 2.35. The number of hydrogen-bond acceptors (Lipinski definition) is 2. The van der Waals surface area contributed by atoms with Crippen molar-refractivity contribution < 1.29 is 4.74 Å². The summed E-state index contributed by atoms with van der Waals surface area (Å²) in [7, 11) is 1.63. The van der Waals surface area contributed by atoms with Crippen molar-refractivity contribution in [3.8, 4) is 23.1 Å². The second-order valence-electron chi connectivity index (χ2n) is 4.14. The fourth-order valence-corrected chi connectivity index (χ4v) is 2.29. The molecule has 0 fully saturated rings. The molecule has 0 bridgehead atoms. The average molecular weight is 261 g/mol. The van der Waals surface area contributed by atoms with Gasteiger partial charge in [0.15, 0.2) is 0 Å². The fraction of sp³-hybridized carbons (Fsp3) is 0.214. The summed E-state index contributed by atoms with van der Waals surface area (Å²) in [5.41, 5.74) is 4.14. The van der Waals surface area contributed by atoms with E-state index in [1.54, 1.807) is 7.11 Å². The number of nitriles is 1. The minimum absolute atomic E-state index is 0.629. The van der Waals surface area contributed by atoms with Gasteiger partial charge in [-0.2, -0.15) is 5.26 Å². The van der Waals surface area contributed by atoms with Crippen molar-refractivity contribution in [3.05, 3.63) is 40.0 Å². The van der Waals surface area contributed by atoms with Crippen molar-refractivity contribution in [2.75, 3.05) is 7.11 Å². The van der Waals surface area contributed by atoms with Crippen LogP contribution in [0.4, 0.5) is 0 Å². The normalized spacial score (nSPS) is 10.2. The lowest BCUT2D eigenvalue weighted by atomic mass is 10.1. The van der Waals surface area contributed by atoms with E-state index in [9.17, 15) is 0 Å². The maximum absolute atomic E-state index is 8.99. The molecule has 0 aliphatic carbocycles. The summed E-state index contributed by atoms with van der Waals surface area (Å²) in [6.45, 7) is 3.81. The fourth-order valence-electron chi connectivity index (χ4n) is 2.02. The summed E-state index contributed by atoms with van der Waals surface area (Å²) in [6, 6.07) is 7.64. The number of rotatable bonds is 2. The number of aromatic amines is 1.